The largest absolute Gasteiger partial charge is 0.457 e. The quantitative estimate of drug-likeness (QED) is 0.306. The van der Waals surface area contributed by atoms with Crippen LogP contribution >= 0.6 is 0 Å². The first-order valence-electron chi connectivity index (χ1n) is 15.7. The normalized spacial score (nSPS) is 20.9. The van der Waals surface area contributed by atoms with Gasteiger partial charge in [-0.3, -0.25) is 19.4 Å². The molecule has 246 valence electrons. The van der Waals surface area contributed by atoms with Gasteiger partial charge >= 0.3 is 6.09 Å². The van der Waals surface area contributed by atoms with E-state index in [-0.39, 0.29) is 36.5 Å². The zero-order valence-electron chi connectivity index (χ0n) is 27.5. The molecule has 2 aliphatic heterocycles. The number of fused-ring (bicyclic) bond motifs is 1. The number of para-hydroxylation sites is 1. The van der Waals surface area contributed by atoms with Gasteiger partial charge in [0.2, 0.25) is 11.8 Å². The predicted molar refractivity (Wildman–Crippen MR) is 176 cm³/mol. The maximum Gasteiger partial charge on any atom is 0.414 e. The summed E-state index contributed by atoms with van der Waals surface area (Å²) < 4.78 is 27.2. The van der Waals surface area contributed by atoms with Crippen LogP contribution in [0.15, 0.2) is 60.7 Å². The number of rotatable bonds is 7. The van der Waals surface area contributed by atoms with Crippen molar-refractivity contribution >= 4 is 29.3 Å². The van der Waals surface area contributed by atoms with E-state index in [4.69, 9.17) is 14.7 Å². The lowest BCUT2D eigenvalue weighted by Gasteiger charge is -2.45. The Morgan fingerprint density at radius 3 is 2.51 bits per heavy atom. The molecule has 1 saturated heterocycles. The zero-order valence-corrected chi connectivity index (χ0v) is 27.5. The van der Waals surface area contributed by atoms with Crippen molar-refractivity contribution in [2.75, 3.05) is 29.9 Å². The molecule has 0 saturated carbocycles. The highest BCUT2D eigenvalue weighted by Gasteiger charge is 2.51. The van der Waals surface area contributed by atoms with Gasteiger partial charge < -0.3 is 20.1 Å². The summed E-state index contributed by atoms with van der Waals surface area (Å²) in [6.45, 7) is 11.1. The van der Waals surface area contributed by atoms with Gasteiger partial charge in [-0.05, 0) is 83.5 Å². The van der Waals surface area contributed by atoms with Crippen molar-refractivity contribution in [1.82, 2.24) is 10.2 Å². The number of hydrogen-bond donors (Lipinski definition) is 2. The van der Waals surface area contributed by atoms with Crippen LogP contribution in [0.2, 0.25) is 0 Å². The summed E-state index contributed by atoms with van der Waals surface area (Å²) >= 11 is 0. The van der Waals surface area contributed by atoms with Crippen molar-refractivity contribution in [3.8, 4) is 17.6 Å². The number of halogens is 1. The predicted octanol–water partition coefficient (Wildman–Crippen LogP) is 6.41. The van der Waals surface area contributed by atoms with Crippen LogP contribution in [-0.2, 0) is 19.9 Å². The third-order valence-electron chi connectivity index (χ3n) is 8.67. The highest BCUT2D eigenvalue weighted by Crippen LogP contribution is 2.48. The Hall–Kier alpha value is -4.95. The first-order valence-corrected chi connectivity index (χ1v) is 15.7. The second kappa shape index (κ2) is 13.0. The lowest BCUT2D eigenvalue weighted by Crippen LogP contribution is -2.59. The van der Waals surface area contributed by atoms with E-state index < -0.39 is 29.1 Å². The minimum absolute atomic E-state index is 0.164. The van der Waals surface area contributed by atoms with Gasteiger partial charge in [0, 0.05) is 49.6 Å². The number of piperidine rings is 1. The van der Waals surface area contributed by atoms with Gasteiger partial charge in [0.25, 0.3) is 0 Å². The maximum absolute atomic E-state index is 15.3. The average Bonchev–Trinajstić information content (AvgIpc) is 3.27. The number of hydrogen-bond acceptors (Lipinski definition) is 7. The third-order valence-corrected chi connectivity index (χ3v) is 8.67. The number of carbonyl (C=O) groups excluding carboxylic acids is 3. The number of likely N-dealkylation sites (tertiary alicyclic amines) is 1. The molecule has 2 aliphatic rings. The fraction of sp³-hybridized carbons (Fsp3) is 0.389. The molecule has 3 aromatic carbocycles. The van der Waals surface area contributed by atoms with Crippen molar-refractivity contribution in [2.45, 2.75) is 71.1 Å². The molecule has 3 amide bonds. The van der Waals surface area contributed by atoms with E-state index in [2.05, 4.69) is 16.7 Å². The number of nitrogens with zero attached hydrogens (tertiary/aromatic N) is 3. The summed E-state index contributed by atoms with van der Waals surface area (Å²) in [5.74, 6) is -0.146. The van der Waals surface area contributed by atoms with E-state index in [0.29, 0.717) is 41.3 Å². The Morgan fingerprint density at radius 1 is 1.17 bits per heavy atom. The molecule has 11 heteroatoms. The lowest BCUT2D eigenvalue weighted by atomic mass is 9.81. The van der Waals surface area contributed by atoms with E-state index in [9.17, 15) is 14.4 Å². The monoisotopic (exact) mass is 641 g/mol. The summed E-state index contributed by atoms with van der Waals surface area (Å²) in [6.07, 6.45) is -0.0954. The fourth-order valence-electron chi connectivity index (χ4n) is 6.45. The number of nitriles is 1. The molecule has 2 heterocycles. The SMILES string of the molecule is CCN(C(=O)OC(C)(C)C)c1cc(F)cc2c1NC(=O)C2(C)N1CC[C@H](c2ccccc2Oc2ccc(C#N)cc2)[C@@H](NC(C)=O)C1. The molecule has 0 spiro atoms. The molecule has 3 atom stereocenters. The summed E-state index contributed by atoms with van der Waals surface area (Å²) in [5, 5.41) is 15.2. The van der Waals surface area contributed by atoms with Crippen LogP contribution in [0, 0.1) is 17.1 Å². The minimum atomic E-state index is -1.29. The second-order valence-electron chi connectivity index (χ2n) is 13.0. The molecule has 5 rings (SSSR count). The molecule has 0 aliphatic carbocycles. The third kappa shape index (κ3) is 6.79. The Labute approximate surface area is 274 Å². The Bertz CT molecular complexity index is 1730. The minimum Gasteiger partial charge on any atom is -0.457 e. The summed E-state index contributed by atoms with van der Waals surface area (Å²) in [5.41, 5.74) is 0.328. The lowest BCUT2D eigenvalue weighted by molar-refractivity contribution is -0.128. The van der Waals surface area contributed by atoms with E-state index in [1.807, 2.05) is 29.2 Å². The van der Waals surface area contributed by atoms with Gasteiger partial charge in [0.15, 0.2) is 0 Å². The number of anilines is 2. The van der Waals surface area contributed by atoms with E-state index in [0.717, 1.165) is 5.56 Å². The zero-order chi connectivity index (χ0) is 34.1. The van der Waals surface area contributed by atoms with Crippen molar-refractivity contribution < 1.29 is 28.2 Å². The fourth-order valence-corrected chi connectivity index (χ4v) is 6.45. The van der Waals surface area contributed by atoms with Gasteiger partial charge in [-0.15, -0.1) is 0 Å². The number of amides is 3. The van der Waals surface area contributed by atoms with Crippen LogP contribution in [0.5, 0.6) is 11.5 Å². The van der Waals surface area contributed by atoms with E-state index in [1.165, 1.54) is 24.0 Å². The molecule has 2 N–H and O–H groups in total. The van der Waals surface area contributed by atoms with Gasteiger partial charge in [0.05, 0.1) is 23.0 Å². The van der Waals surface area contributed by atoms with Crippen LogP contribution in [0.1, 0.15) is 70.6 Å². The first-order chi connectivity index (χ1) is 22.2. The molecular formula is C36H40FN5O5. The van der Waals surface area contributed by atoms with E-state index in [1.54, 1.807) is 58.9 Å². The smallest absolute Gasteiger partial charge is 0.414 e. The van der Waals surface area contributed by atoms with Crippen LogP contribution < -0.4 is 20.3 Å². The van der Waals surface area contributed by atoms with Crippen LogP contribution in [-0.4, -0.2) is 54.1 Å². The average molecular weight is 642 g/mol. The summed E-state index contributed by atoms with van der Waals surface area (Å²) in [4.78, 5) is 42.8. The highest BCUT2D eigenvalue weighted by molar-refractivity contribution is 6.10. The Balaban J connectivity index is 1.47. The van der Waals surface area contributed by atoms with Crippen LogP contribution in [0.4, 0.5) is 20.6 Å². The van der Waals surface area contributed by atoms with Crippen molar-refractivity contribution in [1.29, 1.82) is 5.26 Å². The highest BCUT2D eigenvalue weighted by atomic mass is 19.1. The molecule has 0 bridgehead atoms. The summed E-state index contributed by atoms with van der Waals surface area (Å²) in [7, 11) is 0. The Kier molecular flexibility index (Phi) is 9.27. The van der Waals surface area contributed by atoms with Gasteiger partial charge in [-0.2, -0.15) is 5.26 Å². The number of benzene rings is 3. The molecule has 47 heavy (non-hydrogen) atoms. The van der Waals surface area contributed by atoms with Crippen LogP contribution in [0.25, 0.3) is 0 Å². The summed E-state index contributed by atoms with van der Waals surface area (Å²) in [6, 6.07) is 18.7. The van der Waals surface area contributed by atoms with E-state index >= 15 is 4.39 Å². The topological polar surface area (TPSA) is 124 Å². The first kappa shape index (κ1) is 33.4. The molecule has 3 aromatic rings. The number of nitrogens with one attached hydrogen (secondary N) is 2. The maximum atomic E-state index is 15.3. The number of carbonyl (C=O) groups is 3. The standard InChI is InChI=1S/C36H40FN5O5/c1-7-42(34(45)47-35(3,4)5)30-19-24(37)18-28-32(30)40-33(44)36(28,6)41-17-16-26(29(21-41)39-22(2)43)27-10-8-9-11-31(27)46-25-14-12-23(20-38)13-15-25/h8-15,18-19,26,29H,7,16-17,21H2,1-6H3,(H,39,43)(H,40,44)/t26-,29+,36?/m1/s1. The molecule has 1 fully saturated rings. The van der Waals surface area contributed by atoms with Gasteiger partial charge in [-0.1, -0.05) is 18.2 Å². The van der Waals surface area contributed by atoms with Crippen molar-refractivity contribution in [3.63, 3.8) is 0 Å². The second-order valence-corrected chi connectivity index (χ2v) is 13.0. The molecule has 1 unspecified atom stereocenters. The van der Waals surface area contributed by atoms with Crippen molar-refractivity contribution in [3.05, 3.63) is 83.2 Å². The molecule has 0 aromatic heterocycles. The molecule has 0 radical (unpaired) electrons. The van der Waals surface area contributed by atoms with Crippen molar-refractivity contribution in [2.24, 2.45) is 0 Å². The number of ether oxygens (including phenoxy) is 2. The molecule has 10 nitrogen and oxygen atoms in total. The van der Waals surface area contributed by atoms with Crippen LogP contribution in [0.3, 0.4) is 0 Å². The Morgan fingerprint density at radius 2 is 1.87 bits per heavy atom. The molecular weight excluding hydrogens is 601 g/mol. The van der Waals surface area contributed by atoms with Gasteiger partial charge in [0.1, 0.15) is 28.5 Å². The van der Waals surface area contributed by atoms with Gasteiger partial charge in [-0.25, -0.2) is 9.18 Å².